The molecule has 1 aromatic heterocycles. The quantitative estimate of drug-likeness (QED) is 0.285. The number of anilines is 1. The van der Waals surface area contributed by atoms with E-state index in [1.54, 1.807) is 24.3 Å². The van der Waals surface area contributed by atoms with Crippen molar-refractivity contribution >= 4 is 34.1 Å². The second-order valence-electron chi connectivity index (χ2n) is 8.31. The van der Waals surface area contributed by atoms with Crippen LogP contribution in [0.25, 0.3) is 10.9 Å². The number of nitrogens with one attached hydrogen (secondary N) is 1. The average Bonchev–Trinajstić information content (AvgIpc) is 3.07. The predicted octanol–water partition coefficient (Wildman–Crippen LogP) is 7.96. The molecule has 0 atom stereocenters. The molecule has 0 spiro atoms. The lowest BCUT2D eigenvalue weighted by molar-refractivity contribution is 0.101. The summed E-state index contributed by atoms with van der Waals surface area (Å²) in [5.41, 5.74) is 4.28. The lowest BCUT2D eigenvalue weighted by Gasteiger charge is -2.14. The summed E-state index contributed by atoms with van der Waals surface area (Å²) < 4.78 is 8.01. The van der Waals surface area contributed by atoms with Crippen molar-refractivity contribution in [2.24, 2.45) is 0 Å². The van der Waals surface area contributed by atoms with Crippen molar-refractivity contribution in [2.45, 2.75) is 33.2 Å². The number of hydrogen-bond donors (Lipinski definition) is 1. The molecule has 0 saturated heterocycles. The van der Waals surface area contributed by atoms with Crippen LogP contribution in [0, 0.1) is 6.92 Å². The van der Waals surface area contributed by atoms with Gasteiger partial charge in [0.15, 0.2) is 5.75 Å². The van der Waals surface area contributed by atoms with Crippen LogP contribution >= 0.6 is 11.6 Å². The van der Waals surface area contributed by atoms with Gasteiger partial charge in [0.1, 0.15) is 11.4 Å². The number of ether oxygens (including phenoxy) is 1. The molecule has 0 aliphatic carbocycles. The number of rotatable bonds is 7. The summed E-state index contributed by atoms with van der Waals surface area (Å²) in [6.45, 7) is 10.7. The number of allylic oxidation sites excluding steroid dienone is 1. The number of hydrogen-bond acceptors (Lipinski definition) is 2. The molecular formula is C28H27ClN2O2. The van der Waals surface area contributed by atoms with Crippen LogP contribution in [-0.4, -0.2) is 10.5 Å². The van der Waals surface area contributed by atoms with Crippen LogP contribution < -0.4 is 10.1 Å². The van der Waals surface area contributed by atoms with Crippen molar-refractivity contribution in [3.63, 3.8) is 0 Å². The Bertz CT molecular complexity index is 1320. The number of aryl methyl sites for hydroxylation is 1. The minimum absolute atomic E-state index is 0.225. The van der Waals surface area contributed by atoms with E-state index in [-0.39, 0.29) is 5.91 Å². The topological polar surface area (TPSA) is 43.3 Å². The fourth-order valence-corrected chi connectivity index (χ4v) is 4.17. The molecule has 0 aliphatic rings. The number of benzene rings is 3. The van der Waals surface area contributed by atoms with Crippen LogP contribution in [0.15, 0.2) is 79.4 Å². The Morgan fingerprint density at radius 1 is 1.12 bits per heavy atom. The Hall–Kier alpha value is -3.50. The molecular weight excluding hydrogens is 432 g/mol. The zero-order valence-electron chi connectivity index (χ0n) is 19.1. The Balaban J connectivity index is 1.75. The first-order valence-electron chi connectivity index (χ1n) is 11.0. The molecule has 0 aliphatic heterocycles. The van der Waals surface area contributed by atoms with Crippen LogP contribution in [0.3, 0.4) is 0 Å². The first kappa shape index (κ1) is 22.7. The van der Waals surface area contributed by atoms with Gasteiger partial charge in [0.25, 0.3) is 5.91 Å². The van der Waals surface area contributed by atoms with Crippen molar-refractivity contribution < 1.29 is 9.53 Å². The van der Waals surface area contributed by atoms with Gasteiger partial charge in [-0.1, -0.05) is 55.8 Å². The lowest BCUT2D eigenvalue weighted by atomic mass is 10.0. The minimum atomic E-state index is -0.225. The van der Waals surface area contributed by atoms with Crippen molar-refractivity contribution in [3.8, 4) is 11.5 Å². The van der Waals surface area contributed by atoms with Gasteiger partial charge in [-0.05, 0) is 66.4 Å². The number of nitrogens with zero attached hydrogens (tertiary/aromatic N) is 1. The smallest absolute Gasteiger partial charge is 0.272 e. The highest BCUT2D eigenvalue weighted by Crippen LogP contribution is 2.34. The van der Waals surface area contributed by atoms with Gasteiger partial charge in [-0.2, -0.15) is 0 Å². The Labute approximate surface area is 199 Å². The molecule has 1 N–H and O–H groups in total. The largest absolute Gasteiger partial charge is 0.455 e. The highest BCUT2D eigenvalue weighted by molar-refractivity contribution is 6.31. The van der Waals surface area contributed by atoms with Gasteiger partial charge in [-0.25, -0.2) is 0 Å². The molecule has 0 unspecified atom stereocenters. The second-order valence-corrected chi connectivity index (χ2v) is 8.75. The maximum atomic E-state index is 13.6. The van der Waals surface area contributed by atoms with Gasteiger partial charge in [0, 0.05) is 22.5 Å². The summed E-state index contributed by atoms with van der Waals surface area (Å²) >= 11 is 6.25. The fourth-order valence-electron chi connectivity index (χ4n) is 4.00. The van der Waals surface area contributed by atoms with E-state index in [1.165, 1.54) is 5.56 Å². The highest BCUT2D eigenvalue weighted by Gasteiger charge is 2.22. The molecule has 0 radical (unpaired) electrons. The van der Waals surface area contributed by atoms with E-state index in [9.17, 15) is 4.79 Å². The van der Waals surface area contributed by atoms with E-state index in [2.05, 4.69) is 43.9 Å². The third kappa shape index (κ3) is 4.67. The van der Waals surface area contributed by atoms with Crippen LogP contribution in [0.5, 0.6) is 11.5 Å². The van der Waals surface area contributed by atoms with E-state index in [1.807, 2.05) is 41.8 Å². The Morgan fingerprint density at radius 2 is 1.88 bits per heavy atom. The summed E-state index contributed by atoms with van der Waals surface area (Å²) in [6, 6.07) is 21.0. The van der Waals surface area contributed by atoms with Gasteiger partial charge in [-0.3, -0.25) is 4.79 Å². The number of carbonyl (C=O) groups excluding carboxylic acids is 1. The molecule has 1 amide bonds. The number of para-hydroxylation sites is 1. The Kier molecular flexibility index (Phi) is 6.57. The summed E-state index contributed by atoms with van der Waals surface area (Å²) in [7, 11) is 0. The lowest BCUT2D eigenvalue weighted by Crippen LogP contribution is -2.18. The summed E-state index contributed by atoms with van der Waals surface area (Å²) in [5, 5.41) is 4.60. The van der Waals surface area contributed by atoms with Gasteiger partial charge >= 0.3 is 0 Å². The fraction of sp³-hybridized carbons (Fsp3) is 0.179. The van der Waals surface area contributed by atoms with Gasteiger partial charge in [-0.15, -0.1) is 6.58 Å². The van der Waals surface area contributed by atoms with Gasteiger partial charge in [0.2, 0.25) is 0 Å². The maximum absolute atomic E-state index is 13.6. The van der Waals surface area contributed by atoms with Crippen LogP contribution in [0.4, 0.5) is 5.69 Å². The molecule has 4 nitrogen and oxygen atoms in total. The second kappa shape index (κ2) is 9.55. The third-order valence-electron chi connectivity index (χ3n) is 5.69. The molecule has 4 aromatic rings. The molecule has 33 heavy (non-hydrogen) atoms. The zero-order valence-corrected chi connectivity index (χ0v) is 19.8. The van der Waals surface area contributed by atoms with Crippen molar-refractivity contribution in [3.05, 3.63) is 101 Å². The van der Waals surface area contributed by atoms with Gasteiger partial charge < -0.3 is 14.6 Å². The number of aromatic nitrogens is 1. The van der Waals surface area contributed by atoms with E-state index < -0.39 is 0 Å². The molecule has 168 valence electrons. The number of amides is 1. The molecule has 0 saturated carbocycles. The van der Waals surface area contributed by atoms with Crippen LogP contribution in [-0.2, 0) is 6.54 Å². The first-order valence-corrected chi connectivity index (χ1v) is 11.3. The van der Waals surface area contributed by atoms with E-state index in [4.69, 9.17) is 16.3 Å². The van der Waals surface area contributed by atoms with Gasteiger partial charge in [0.05, 0.1) is 5.69 Å². The molecule has 0 bridgehead atoms. The van der Waals surface area contributed by atoms with Crippen molar-refractivity contribution in [1.29, 1.82) is 0 Å². The van der Waals surface area contributed by atoms with Crippen LogP contribution in [0.2, 0.25) is 5.02 Å². The Morgan fingerprint density at radius 3 is 2.58 bits per heavy atom. The molecule has 3 aromatic carbocycles. The van der Waals surface area contributed by atoms with Crippen molar-refractivity contribution in [2.75, 3.05) is 5.32 Å². The third-order valence-corrected chi connectivity index (χ3v) is 5.93. The summed E-state index contributed by atoms with van der Waals surface area (Å²) in [5.74, 6) is 1.37. The number of halogens is 1. The van der Waals surface area contributed by atoms with E-state index in [0.29, 0.717) is 40.4 Å². The first-order chi connectivity index (χ1) is 15.9. The van der Waals surface area contributed by atoms with Crippen LogP contribution in [0.1, 0.15) is 41.4 Å². The molecule has 4 rings (SSSR count). The molecule has 5 heteroatoms. The maximum Gasteiger partial charge on any atom is 0.272 e. The monoisotopic (exact) mass is 458 g/mol. The summed E-state index contributed by atoms with van der Waals surface area (Å²) in [6.07, 6.45) is 1.80. The standard InChI is InChI=1S/C28H27ClN2O2/c1-5-15-31-25-13-11-20(18(2)3)16-23(25)19(4)27(31)28(32)30-24-17-21(29)12-14-26(24)33-22-9-7-6-8-10-22/h5-14,16-18H,1,15H2,2-4H3,(H,30,32). The minimum Gasteiger partial charge on any atom is -0.455 e. The molecule has 0 fully saturated rings. The normalized spacial score (nSPS) is 11.1. The zero-order chi connectivity index (χ0) is 23.5. The SMILES string of the molecule is C=CCn1c(C(=O)Nc2cc(Cl)ccc2Oc2ccccc2)c(C)c2cc(C(C)C)ccc21. The van der Waals surface area contributed by atoms with E-state index >= 15 is 0 Å². The van der Waals surface area contributed by atoms with Crippen molar-refractivity contribution in [1.82, 2.24) is 4.57 Å². The highest BCUT2D eigenvalue weighted by atomic mass is 35.5. The predicted molar refractivity (Wildman–Crippen MR) is 137 cm³/mol. The average molecular weight is 459 g/mol. The number of carbonyl (C=O) groups is 1. The number of fused-ring (bicyclic) bond motifs is 1. The summed E-state index contributed by atoms with van der Waals surface area (Å²) in [4.78, 5) is 13.6. The van der Waals surface area contributed by atoms with E-state index in [0.717, 1.165) is 16.5 Å². The molecule has 1 heterocycles.